The summed E-state index contributed by atoms with van der Waals surface area (Å²) < 4.78 is 0. The van der Waals surface area contributed by atoms with Gasteiger partial charge in [-0.2, -0.15) is 0 Å². The number of imidazole rings is 1. The van der Waals surface area contributed by atoms with Crippen LogP contribution in [0.25, 0.3) is 0 Å². The van der Waals surface area contributed by atoms with Crippen LogP contribution in [0.2, 0.25) is 0 Å². The molecule has 7 nitrogen and oxygen atoms in total. The average molecular weight is 252 g/mol. The lowest BCUT2D eigenvalue weighted by Crippen LogP contribution is -2.46. The third-order valence-electron chi connectivity index (χ3n) is 2.74. The summed E-state index contributed by atoms with van der Waals surface area (Å²) in [6, 6.07) is -0.509. The first-order chi connectivity index (χ1) is 8.65. The minimum Gasteiger partial charge on any atom is -0.480 e. The minimum atomic E-state index is -1.05. The zero-order valence-electron chi connectivity index (χ0n) is 9.85. The number of hydrogen-bond acceptors (Lipinski definition) is 4. The van der Waals surface area contributed by atoms with Crippen molar-refractivity contribution in [3.8, 4) is 0 Å². The quantitative estimate of drug-likeness (QED) is 0.512. The van der Waals surface area contributed by atoms with E-state index in [4.69, 9.17) is 5.11 Å². The number of rotatable bonds is 7. The molecular formula is C11H16N4O3. The SMILES string of the molecule is O=C(CNC1CC1)N[C@@H](Cc1cnc[nH]1)C(=O)O. The van der Waals surface area contributed by atoms with Gasteiger partial charge in [-0.3, -0.25) is 4.79 Å². The van der Waals surface area contributed by atoms with Gasteiger partial charge < -0.3 is 20.7 Å². The molecule has 0 saturated heterocycles. The molecular weight excluding hydrogens is 236 g/mol. The van der Waals surface area contributed by atoms with E-state index >= 15 is 0 Å². The van der Waals surface area contributed by atoms with E-state index in [1.54, 1.807) is 6.20 Å². The van der Waals surface area contributed by atoms with Crippen molar-refractivity contribution in [1.82, 2.24) is 20.6 Å². The third kappa shape index (κ3) is 3.85. The molecule has 18 heavy (non-hydrogen) atoms. The molecule has 1 atom stereocenters. The van der Waals surface area contributed by atoms with Crippen LogP contribution in [-0.4, -0.2) is 45.6 Å². The van der Waals surface area contributed by atoms with E-state index < -0.39 is 12.0 Å². The van der Waals surface area contributed by atoms with Gasteiger partial charge in [0, 0.05) is 24.4 Å². The van der Waals surface area contributed by atoms with Gasteiger partial charge in [-0.1, -0.05) is 0 Å². The van der Waals surface area contributed by atoms with Gasteiger partial charge in [-0.25, -0.2) is 9.78 Å². The second-order valence-corrected chi connectivity index (χ2v) is 4.39. The number of carboxylic acids is 1. The van der Waals surface area contributed by atoms with E-state index in [9.17, 15) is 9.59 Å². The highest BCUT2D eigenvalue weighted by atomic mass is 16.4. The van der Waals surface area contributed by atoms with E-state index in [1.807, 2.05) is 0 Å². The molecule has 4 N–H and O–H groups in total. The summed E-state index contributed by atoms with van der Waals surface area (Å²) in [4.78, 5) is 29.2. The van der Waals surface area contributed by atoms with Crippen LogP contribution in [-0.2, 0) is 16.0 Å². The van der Waals surface area contributed by atoms with Crippen molar-refractivity contribution in [2.24, 2.45) is 0 Å². The lowest BCUT2D eigenvalue weighted by molar-refractivity contribution is -0.141. The largest absolute Gasteiger partial charge is 0.480 e. The number of aromatic amines is 1. The molecule has 1 aliphatic rings. The second-order valence-electron chi connectivity index (χ2n) is 4.39. The summed E-state index contributed by atoms with van der Waals surface area (Å²) >= 11 is 0. The number of amides is 1. The predicted octanol–water partition coefficient (Wildman–Crippen LogP) is -0.726. The maximum Gasteiger partial charge on any atom is 0.326 e. The first kappa shape index (κ1) is 12.6. The Morgan fingerprint density at radius 3 is 2.89 bits per heavy atom. The number of hydrogen-bond donors (Lipinski definition) is 4. The van der Waals surface area contributed by atoms with E-state index in [0.717, 1.165) is 12.8 Å². The van der Waals surface area contributed by atoms with Gasteiger partial charge in [0.1, 0.15) is 6.04 Å². The van der Waals surface area contributed by atoms with Gasteiger partial charge in [-0.05, 0) is 12.8 Å². The Kier molecular flexibility index (Phi) is 3.93. The topological polar surface area (TPSA) is 107 Å². The highest BCUT2D eigenvalue weighted by molar-refractivity contribution is 5.84. The predicted molar refractivity (Wildman–Crippen MR) is 62.9 cm³/mol. The molecule has 1 aromatic rings. The van der Waals surface area contributed by atoms with Crippen LogP contribution in [0, 0.1) is 0 Å². The summed E-state index contributed by atoms with van der Waals surface area (Å²) in [5.74, 6) is -1.35. The van der Waals surface area contributed by atoms with Gasteiger partial charge in [0.05, 0.1) is 12.9 Å². The van der Waals surface area contributed by atoms with Crippen molar-refractivity contribution in [3.63, 3.8) is 0 Å². The Balaban J connectivity index is 1.81. The highest BCUT2D eigenvalue weighted by Crippen LogP contribution is 2.17. The number of nitrogens with zero attached hydrogens (tertiary/aromatic N) is 1. The van der Waals surface area contributed by atoms with Crippen LogP contribution < -0.4 is 10.6 Å². The van der Waals surface area contributed by atoms with E-state index in [1.165, 1.54) is 6.33 Å². The molecule has 1 amide bonds. The fourth-order valence-corrected chi connectivity index (χ4v) is 1.59. The highest BCUT2D eigenvalue weighted by Gasteiger charge is 2.24. The second kappa shape index (κ2) is 5.63. The average Bonchev–Trinajstić information content (AvgIpc) is 3.02. The molecule has 0 radical (unpaired) electrons. The van der Waals surface area contributed by atoms with Crippen molar-refractivity contribution < 1.29 is 14.7 Å². The first-order valence-electron chi connectivity index (χ1n) is 5.88. The van der Waals surface area contributed by atoms with Crippen molar-refractivity contribution in [2.45, 2.75) is 31.3 Å². The van der Waals surface area contributed by atoms with Crippen molar-refractivity contribution in [2.75, 3.05) is 6.54 Å². The molecule has 2 rings (SSSR count). The third-order valence-corrected chi connectivity index (χ3v) is 2.74. The lowest BCUT2D eigenvalue weighted by atomic mass is 10.1. The monoisotopic (exact) mass is 252 g/mol. The lowest BCUT2D eigenvalue weighted by Gasteiger charge is -2.13. The van der Waals surface area contributed by atoms with Gasteiger partial charge in [0.2, 0.25) is 5.91 Å². The summed E-state index contributed by atoms with van der Waals surface area (Å²) in [6.07, 6.45) is 5.40. The van der Waals surface area contributed by atoms with E-state index in [2.05, 4.69) is 20.6 Å². The Labute approximate surface area is 104 Å². The van der Waals surface area contributed by atoms with Crippen LogP contribution in [0.1, 0.15) is 18.5 Å². The summed E-state index contributed by atoms with van der Waals surface area (Å²) in [6.45, 7) is 0.164. The zero-order chi connectivity index (χ0) is 13.0. The molecule has 1 aromatic heterocycles. The Hall–Kier alpha value is -1.89. The standard InChI is InChI=1S/C11H16N4O3/c16-10(5-13-7-1-2-7)15-9(11(17)18)3-8-4-12-6-14-8/h4,6-7,9,13H,1-3,5H2,(H,12,14)(H,15,16)(H,17,18)/t9-/m0/s1. The van der Waals surface area contributed by atoms with Crippen molar-refractivity contribution >= 4 is 11.9 Å². The molecule has 1 fully saturated rings. The molecule has 7 heteroatoms. The maximum absolute atomic E-state index is 11.6. The van der Waals surface area contributed by atoms with Gasteiger partial charge in [0.25, 0.3) is 0 Å². The Morgan fingerprint density at radius 1 is 1.56 bits per heavy atom. The summed E-state index contributed by atoms with van der Waals surface area (Å²) in [5.41, 5.74) is 0.679. The zero-order valence-corrected chi connectivity index (χ0v) is 9.85. The van der Waals surface area contributed by atoms with Gasteiger partial charge >= 0.3 is 5.97 Å². The van der Waals surface area contributed by atoms with E-state index in [0.29, 0.717) is 11.7 Å². The molecule has 0 aliphatic heterocycles. The molecule has 1 saturated carbocycles. The molecule has 0 unspecified atom stereocenters. The van der Waals surface area contributed by atoms with Gasteiger partial charge in [0.15, 0.2) is 0 Å². The number of aliphatic carboxylic acids is 1. The Morgan fingerprint density at radius 2 is 2.33 bits per heavy atom. The molecule has 1 heterocycles. The number of carbonyl (C=O) groups is 2. The summed E-state index contributed by atoms with van der Waals surface area (Å²) in [5, 5.41) is 14.6. The molecule has 98 valence electrons. The molecule has 1 aliphatic carbocycles. The number of aromatic nitrogens is 2. The van der Waals surface area contributed by atoms with Crippen LogP contribution in [0.15, 0.2) is 12.5 Å². The van der Waals surface area contributed by atoms with Gasteiger partial charge in [-0.15, -0.1) is 0 Å². The fourth-order valence-electron chi connectivity index (χ4n) is 1.59. The minimum absolute atomic E-state index is 0.164. The van der Waals surface area contributed by atoms with Crippen molar-refractivity contribution in [1.29, 1.82) is 0 Å². The number of nitrogens with one attached hydrogen (secondary N) is 3. The normalized spacial score (nSPS) is 16.2. The van der Waals surface area contributed by atoms with Crippen LogP contribution in [0.5, 0.6) is 0 Å². The number of H-pyrrole nitrogens is 1. The molecule has 0 bridgehead atoms. The molecule has 0 spiro atoms. The maximum atomic E-state index is 11.6. The van der Waals surface area contributed by atoms with Crippen molar-refractivity contribution in [3.05, 3.63) is 18.2 Å². The first-order valence-corrected chi connectivity index (χ1v) is 5.88. The van der Waals surface area contributed by atoms with Crippen LogP contribution in [0.4, 0.5) is 0 Å². The summed E-state index contributed by atoms with van der Waals surface area (Å²) in [7, 11) is 0. The Bertz CT molecular complexity index is 414. The van der Waals surface area contributed by atoms with E-state index in [-0.39, 0.29) is 18.9 Å². The number of carbonyl (C=O) groups excluding carboxylic acids is 1. The fraction of sp³-hybridized carbons (Fsp3) is 0.545. The number of carboxylic acid groups (broad SMARTS) is 1. The smallest absolute Gasteiger partial charge is 0.326 e. The molecule has 0 aromatic carbocycles. The van der Waals surface area contributed by atoms with Crippen LogP contribution in [0.3, 0.4) is 0 Å². The van der Waals surface area contributed by atoms with Crippen LogP contribution >= 0.6 is 0 Å².